The normalized spacial score (nSPS) is 13.8. The van der Waals surface area contributed by atoms with E-state index in [1.807, 2.05) is 36.4 Å². The zero-order valence-electron chi connectivity index (χ0n) is 11.2. The molecule has 2 rings (SSSR count). The topological polar surface area (TPSA) is 74.6 Å². The van der Waals surface area contributed by atoms with E-state index >= 15 is 0 Å². The quantitative estimate of drug-likeness (QED) is 0.877. The second-order valence-corrected chi connectivity index (χ2v) is 5.09. The highest BCUT2D eigenvalue weighted by Crippen LogP contribution is 2.31. The fourth-order valence-electron chi connectivity index (χ4n) is 2.26. The molecule has 0 heterocycles. The van der Waals surface area contributed by atoms with E-state index in [0.717, 1.165) is 10.8 Å². The van der Waals surface area contributed by atoms with Gasteiger partial charge >= 0.3 is 11.9 Å². The van der Waals surface area contributed by atoms with Crippen LogP contribution in [0, 0.1) is 0 Å². The molecule has 0 fully saturated rings. The molecule has 0 saturated carbocycles. The molecule has 20 heavy (non-hydrogen) atoms. The number of carboxylic acid groups (broad SMARTS) is 2. The van der Waals surface area contributed by atoms with E-state index < -0.39 is 17.4 Å². The van der Waals surface area contributed by atoms with Crippen LogP contribution in [0.3, 0.4) is 0 Å². The van der Waals surface area contributed by atoms with Gasteiger partial charge in [-0.25, -0.2) is 0 Å². The molecule has 0 saturated heterocycles. The Labute approximate surface area is 116 Å². The van der Waals surface area contributed by atoms with Crippen LogP contribution in [0.15, 0.2) is 42.5 Å². The number of fused-ring (bicyclic) bond motifs is 1. The second-order valence-electron chi connectivity index (χ2n) is 5.09. The highest BCUT2D eigenvalue weighted by atomic mass is 16.4. The van der Waals surface area contributed by atoms with E-state index in [4.69, 9.17) is 5.11 Å². The SMILES string of the molecule is CC(CCC(=O)O)(C(=O)O)c1ccc2ccccc2c1. The Morgan fingerprint density at radius 2 is 1.70 bits per heavy atom. The molecular weight excluding hydrogens is 256 g/mol. The summed E-state index contributed by atoms with van der Waals surface area (Å²) in [6.07, 6.45) is -0.106. The minimum atomic E-state index is -1.19. The summed E-state index contributed by atoms with van der Waals surface area (Å²) < 4.78 is 0. The van der Waals surface area contributed by atoms with Crippen LogP contribution in [0.2, 0.25) is 0 Å². The number of rotatable bonds is 5. The van der Waals surface area contributed by atoms with Crippen molar-refractivity contribution in [3.63, 3.8) is 0 Å². The van der Waals surface area contributed by atoms with Crippen LogP contribution in [-0.2, 0) is 15.0 Å². The Kier molecular flexibility index (Phi) is 3.74. The Balaban J connectivity index is 2.45. The third kappa shape index (κ3) is 2.64. The Morgan fingerprint density at radius 1 is 1.05 bits per heavy atom. The van der Waals surface area contributed by atoms with Crippen molar-refractivity contribution in [3.8, 4) is 0 Å². The van der Waals surface area contributed by atoms with Gasteiger partial charge in [-0.05, 0) is 29.7 Å². The molecule has 2 aromatic carbocycles. The molecule has 1 atom stereocenters. The largest absolute Gasteiger partial charge is 0.481 e. The molecule has 0 aliphatic carbocycles. The average molecular weight is 272 g/mol. The molecule has 0 aliphatic heterocycles. The van der Waals surface area contributed by atoms with Gasteiger partial charge in [0.05, 0.1) is 5.41 Å². The maximum atomic E-state index is 11.6. The molecular formula is C16H16O4. The zero-order chi connectivity index (χ0) is 14.8. The van der Waals surface area contributed by atoms with Crippen molar-refractivity contribution in [2.75, 3.05) is 0 Å². The molecule has 104 valence electrons. The summed E-state index contributed by atoms with van der Waals surface area (Å²) in [7, 11) is 0. The highest BCUT2D eigenvalue weighted by Gasteiger charge is 2.35. The molecule has 0 amide bonds. The molecule has 2 N–H and O–H groups in total. The average Bonchev–Trinajstić information content (AvgIpc) is 2.44. The number of benzene rings is 2. The Morgan fingerprint density at radius 3 is 2.30 bits per heavy atom. The van der Waals surface area contributed by atoms with E-state index in [1.54, 1.807) is 13.0 Å². The van der Waals surface area contributed by atoms with Crippen LogP contribution in [-0.4, -0.2) is 22.2 Å². The summed E-state index contributed by atoms with van der Waals surface area (Å²) in [5.74, 6) is -1.99. The van der Waals surface area contributed by atoms with Gasteiger partial charge in [-0.3, -0.25) is 9.59 Å². The highest BCUT2D eigenvalue weighted by molar-refractivity contribution is 5.87. The molecule has 0 aromatic heterocycles. The first kappa shape index (κ1) is 14.1. The molecule has 4 nitrogen and oxygen atoms in total. The number of carboxylic acids is 2. The number of hydrogen-bond acceptors (Lipinski definition) is 2. The van der Waals surface area contributed by atoms with Gasteiger partial charge in [0.25, 0.3) is 0 Å². The fraction of sp³-hybridized carbons (Fsp3) is 0.250. The molecule has 2 aromatic rings. The molecule has 0 aliphatic rings. The van der Waals surface area contributed by atoms with E-state index in [9.17, 15) is 14.7 Å². The van der Waals surface area contributed by atoms with E-state index in [1.165, 1.54) is 0 Å². The number of aliphatic carboxylic acids is 2. The van der Waals surface area contributed by atoms with Gasteiger partial charge in [-0.15, -0.1) is 0 Å². The van der Waals surface area contributed by atoms with Gasteiger partial charge in [0.15, 0.2) is 0 Å². The van der Waals surface area contributed by atoms with E-state index in [0.29, 0.717) is 5.56 Å². The van der Waals surface area contributed by atoms with Crippen LogP contribution in [0.1, 0.15) is 25.3 Å². The predicted molar refractivity (Wildman–Crippen MR) is 75.8 cm³/mol. The third-order valence-electron chi connectivity index (χ3n) is 3.70. The fourth-order valence-corrected chi connectivity index (χ4v) is 2.26. The number of hydrogen-bond donors (Lipinski definition) is 2. The number of carbonyl (C=O) groups is 2. The van der Waals surface area contributed by atoms with Gasteiger partial charge in [0.1, 0.15) is 0 Å². The van der Waals surface area contributed by atoms with Gasteiger partial charge in [0, 0.05) is 6.42 Å². The third-order valence-corrected chi connectivity index (χ3v) is 3.70. The summed E-state index contributed by atoms with van der Waals surface area (Å²) in [5.41, 5.74) is -0.562. The molecule has 4 heteroatoms. The van der Waals surface area contributed by atoms with Crippen molar-refractivity contribution >= 4 is 22.7 Å². The summed E-state index contributed by atoms with van der Waals surface area (Å²) >= 11 is 0. The van der Waals surface area contributed by atoms with Gasteiger partial charge in [-0.2, -0.15) is 0 Å². The maximum Gasteiger partial charge on any atom is 0.313 e. The predicted octanol–water partition coefficient (Wildman–Crippen LogP) is 3.05. The van der Waals surface area contributed by atoms with Gasteiger partial charge in [0.2, 0.25) is 0 Å². The van der Waals surface area contributed by atoms with Gasteiger partial charge in [-0.1, -0.05) is 42.5 Å². The van der Waals surface area contributed by atoms with E-state index in [-0.39, 0.29) is 12.8 Å². The van der Waals surface area contributed by atoms with Crippen LogP contribution in [0.4, 0.5) is 0 Å². The Bertz CT molecular complexity index is 662. The molecule has 0 radical (unpaired) electrons. The van der Waals surface area contributed by atoms with Crippen LogP contribution < -0.4 is 0 Å². The molecule has 0 spiro atoms. The second kappa shape index (κ2) is 5.33. The van der Waals surface area contributed by atoms with Gasteiger partial charge < -0.3 is 10.2 Å². The van der Waals surface area contributed by atoms with Crippen LogP contribution >= 0.6 is 0 Å². The van der Waals surface area contributed by atoms with Crippen LogP contribution in [0.25, 0.3) is 10.8 Å². The summed E-state index contributed by atoms with van der Waals surface area (Å²) in [6, 6.07) is 13.1. The van der Waals surface area contributed by atoms with Crippen molar-refractivity contribution in [1.82, 2.24) is 0 Å². The van der Waals surface area contributed by atoms with Crippen molar-refractivity contribution in [2.45, 2.75) is 25.2 Å². The summed E-state index contributed by atoms with van der Waals surface area (Å²) in [5, 5.41) is 20.2. The van der Waals surface area contributed by atoms with E-state index in [2.05, 4.69) is 0 Å². The lowest BCUT2D eigenvalue weighted by Crippen LogP contribution is -2.33. The van der Waals surface area contributed by atoms with Crippen LogP contribution in [0.5, 0.6) is 0 Å². The maximum absolute atomic E-state index is 11.6. The van der Waals surface area contributed by atoms with Crippen molar-refractivity contribution in [3.05, 3.63) is 48.0 Å². The summed E-state index contributed by atoms with van der Waals surface area (Å²) in [4.78, 5) is 22.3. The minimum absolute atomic E-state index is 0.0655. The lowest BCUT2D eigenvalue weighted by Gasteiger charge is -2.25. The lowest BCUT2D eigenvalue weighted by molar-refractivity contribution is -0.144. The first-order valence-electron chi connectivity index (χ1n) is 6.38. The standard InChI is InChI=1S/C16H16O4/c1-16(15(19)20,9-8-14(17)18)13-7-6-11-4-2-3-5-12(11)10-13/h2-7,10H,8-9H2,1H3,(H,17,18)(H,19,20). The zero-order valence-corrected chi connectivity index (χ0v) is 11.2. The van der Waals surface area contributed by atoms with Crippen molar-refractivity contribution in [2.24, 2.45) is 0 Å². The summed E-state index contributed by atoms with van der Waals surface area (Å²) in [6.45, 7) is 1.57. The van der Waals surface area contributed by atoms with Crippen molar-refractivity contribution < 1.29 is 19.8 Å². The first-order valence-corrected chi connectivity index (χ1v) is 6.38. The molecule has 1 unspecified atom stereocenters. The Hall–Kier alpha value is -2.36. The smallest absolute Gasteiger partial charge is 0.313 e. The first-order chi connectivity index (χ1) is 9.43. The molecule has 0 bridgehead atoms. The monoisotopic (exact) mass is 272 g/mol. The minimum Gasteiger partial charge on any atom is -0.481 e. The lowest BCUT2D eigenvalue weighted by atomic mass is 9.78. The van der Waals surface area contributed by atoms with Crippen molar-refractivity contribution in [1.29, 1.82) is 0 Å².